The van der Waals surface area contributed by atoms with Crippen molar-refractivity contribution < 1.29 is 0 Å². The summed E-state index contributed by atoms with van der Waals surface area (Å²) in [5.41, 5.74) is 1.80. The smallest absolute Gasteiger partial charge is 0.0322 e. The standard InChI is InChI=1S/C13H23N/c1-5-13(4)10-8-12(9-11-13)14(6-2)7-3/h8-10H,5-7,11H2,1-4H3. The molecule has 1 rings (SSSR count). The average Bonchev–Trinajstić information content (AvgIpc) is 2.23. The maximum atomic E-state index is 2.41. The Bertz CT molecular complexity index is 236. The molecule has 0 saturated carbocycles. The van der Waals surface area contributed by atoms with Gasteiger partial charge in [0, 0.05) is 18.8 Å². The largest absolute Gasteiger partial charge is 0.372 e. The molecule has 0 amide bonds. The third-order valence-electron chi connectivity index (χ3n) is 3.37. The van der Waals surface area contributed by atoms with Gasteiger partial charge in [-0.2, -0.15) is 0 Å². The fourth-order valence-corrected chi connectivity index (χ4v) is 1.85. The van der Waals surface area contributed by atoms with Crippen molar-refractivity contribution in [3.63, 3.8) is 0 Å². The van der Waals surface area contributed by atoms with E-state index in [1.807, 2.05) is 0 Å². The number of rotatable bonds is 4. The van der Waals surface area contributed by atoms with Crippen LogP contribution in [0, 0.1) is 5.41 Å². The van der Waals surface area contributed by atoms with Gasteiger partial charge in [0.2, 0.25) is 0 Å². The van der Waals surface area contributed by atoms with Crippen LogP contribution in [-0.2, 0) is 0 Å². The van der Waals surface area contributed by atoms with Crippen molar-refractivity contribution >= 4 is 0 Å². The van der Waals surface area contributed by atoms with Crippen LogP contribution in [0.25, 0.3) is 0 Å². The van der Waals surface area contributed by atoms with Gasteiger partial charge in [0.15, 0.2) is 0 Å². The van der Waals surface area contributed by atoms with E-state index in [9.17, 15) is 0 Å². The van der Waals surface area contributed by atoms with Gasteiger partial charge in [0.25, 0.3) is 0 Å². The summed E-state index contributed by atoms with van der Waals surface area (Å²) in [6, 6.07) is 0. The molecule has 0 saturated heterocycles. The van der Waals surface area contributed by atoms with Gasteiger partial charge in [0.1, 0.15) is 0 Å². The first-order chi connectivity index (χ1) is 6.65. The first-order valence-corrected chi connectivity index (χ1v) is 5.79. The van der Waals surface area contributed by atoms with Crippen LogP contribution in [0.15, 0.2) is 23.9 Å². The summed E-state index contributed by atoms with van der Waals surface area (Å²) in [5, 5.41) is 0. The van der Waals surface area contributed by atoms with Crippen LogP contribution in [-0.4, -0.2) is 18.0 Å². The highest BCUT2D eigenvalue weighted by molar-refractivity contribution is 5.25. The molecule has 0 spiro atoms. The van der Waals surface area contributed by atoms with E-state index in [-0.39, 0.29) is 0 Å². The summed E-state index contributed by atoms with van der Waals surface area (Å²) in [6.07, 6.45) is 9.47. The molecule has 1 nitrogen and oxygen atoms in total. The molecule has 14 heavy (non-hydrogen) atoms. The summed E-state index contributed by atoms with van der Waals surface area (Å²) in [6.45, 7) is 11.2. The Labute approximate surface area is 88.5 Å². The zero-order valence-electron chi connectivity index (χ0n) is 10.0. The third kappa shape index (κ3) is 2.40. The summed E-state index contributed by atoms with van der Waals surface area (Å²) in [5.74, 6) is 0. The minimum absolute atomic E-state index is 0.399. The molecule has 0 aliphatic heterocycles. The highest BCUT2D eigenvalue weighted by Gasteiger charge is 2.20. The molecular formula is C13H23N. The van der Waals surface area contributed by atoms with Crippen LogP contribution >= 0.6 is 0 Å². The van der Waals surface area contributed by atoms with E-state index in [0.29, 0.717) is 5.41 Å². The summed E-state index contributed by atoms with van der Waals surface area (Å²) < 4.78 is 0. The highest BCUT2D eigenvalue weighted by Crippen LogP contribution is 2.32. The van der Waals surface area contributed by atoms with Gasteiger partial charge >= 0.3 is 0 Å². The van der Waals surface area contributed by atoms with Crippen LogP contribution < -0.4 is 0 Å². The van der Waals surface area contributed by atoms with Gasteiger partial charge < -0.3 is 4.90 Å². The van der Waals surface area contributed by atoms with E-state index in [1.165, 1.54) is 18.5 Å². The Morgan fingerprint density at radius 2 is 1.93 bits per heavy atom. The van der Waals surface area contributed by atoms with Crippen molar-refractivity contribution in [3.05, 3.63) is 23.9 Å². The van der Waals surface area contributed by atoms with Gasteiger partial charge in [-0.3, -0.25) is 0 Å². The van der Waals surface area contributed by atoms with Crippen LogP contribution in [0.2, 0.25) is 0 Å². The fourth-order valence-electron chi connectivity index (χ4n) is 1.85. The third-order valence-corrected chi connectivity index (χ3v) is 3.37. The van der Waals surface area contributed by atoms with Gasteiger partial charge in [-0.1, -0.05) is 26.0 Å². The Balaban J connectivity index is 2.67. The van der Waals surface area contributed by atoms with Crippen molar-refractivity contribution in [1.29, 1.82) is 0 Å². The van der Waals surface area contributed by atoms with Gasteiger partial charge in [0.05, 0.1) is 0 Å². The average molecular weight is 193 g/mol. The molecule has 0 aromatic carbocycles. The van der Waals surface area contributed by atoms with Crippen molar-refractivity contribution in [3.8, 4) is 0 Å². The molecule has 1 atom stereocenters. The molecule has 1 aliphatic carbocycles. The molecule has 1 unspecified atom stereocenters. The van der Waals surface area contributed by atoms with E-state index >= 15 is 0 Å². The zero-order chi connectivity index (χ0) is 10.6. The minimum atomic E-state index is 0.399. The predicted molar refractivity (Wildman–Crippen MR) is 63.2 cm³/mol. The molecule has 0 heterocycles. The second-order valence-corrected chi connectivity index (χ2v) is 4.35. The number of hydrogen-bond acceptors (Lipinski definition) is 1. The minimum Gasteiger partial charge on any atom is -0.372 e. The lowest BCUT2D eigenvalue weighted by Gasteiger charge is -2.30. The normalized spacial score (nSPS) is 26.1. The Morgan fingerprint density at radius 1 is 1.29 bits per heavy atom. The van der Waals surface area contributed by atoms with Crippen LogP contribution in [0.3, 0.4) is 0 Å². The summed E-state index contributed by atoms with van der Waals surface area (Å²) in [4.78, 5) is 2.41. The van der Waals surface area contributed by atoms with E-state index in [4.69, 9.17) is 0 Å². The second kappa shape index (κ2) is 4.68. The van der Waals surface area contributed by atoms with Crippen LogP contribution in [0.1, 0.15) is 40.5 Å². The molecule has 0 bridgehead atoms. The van der Waals surface area contributed by atoms with Crippen molar-refractivity contribution in [2.45, 2.75) is 40.5 Å². The predicted octanol–water partition coefficient (Wildman–Crippen LogP) is 3.59. The molecule has 80 valence electrons. The molecular weight excluding hydrogens is 170 g/mol. The number of hydrogen-bond donors (Lipinski definition) is 0. The first kappa shape index (κ1) is 11.4. The molecule has 0 aromatic heterocycles. The lowest BCUT2D eigenvalue weighted by Crippen LogP contribution is -2.24. The van der Waals surface area contributed by atoms with E-state index in [2.05, 4.69) is 50.8 Å². The fraction of sp³-hybridized carbons (Fsp3) is 0.692. The summed E-state index contributed by atoms with van der Waals surface area (Å²) in [7, 11) is 0. The maximum absolute atomic E-state index is 2.41. The monoisotopic (exact) mass is 193 g/mol. The van der Waals surface area contributed by atoms with Gasteiger partial charge in [-0.25, -0.2) is 0 Å². The summed E-state index contributed by atoms with van der Waals surface area (Å²) >= 11 is 0. The van der Waals surface area contributed by atoms with Crippen LogP contribution in [0.5, 0.6) is 0 Å². The van der Waals surface area contributed by atoms with E-state index in [1.54, 1.807) is 0 Å². The Morgan fingerprint density at radius 3 is 2.29 bits per heavy atom. The van der Waals surface area contributed by atoms with E-state index < -0.39 is 0 Å². The SMILES string of the molecule is CCN(CC)C1=CCC(C)(CC)C=C1. The lowest BCUT2D eigenvalue weighted by atomic mass is 9.81. The molecule has 0 N–H and O–H groups in total. The second-order valence-electron chi connectivity index (χ2n) is 4.35. The Hall–Kier alpha value is -0.720. The first-order valence-electron chi connectivity index (χ1n) is 5.79. The number of allylic oxidation sites excluding steroid dienone is 3. The van der Waals surface area contributed by atoms with Crippen molar-refractivity contribution in [2.75, 3.05) is 13.1 Å². The van der Waals surface area contributed by atoms with Crippen LogP contribution in [0.4, 0.5) is 0 Å². The zero-order valence-corrected chi connectivity index (χ0v) is 10.0. The molecule has 0 radical (unpaired) electrons. The Kier molecular flexibility index (Phi) is 3.79. The lowest BCUT2D eigenvalue weighted by molar-refractivity contribution is 0.365. The molecule has 1 heteroatoms. The van der Waals surface area contributed by atoms with Gasteiger partial charge in [-0.05, 0) is 38.2 Å². The molecule has 0 fully saturated rings. The topological polar surface area (TPSA) is 3.24 Å². The van der Waals surface area contributed by atoms with Crippen molar-refractivity contribution in [1.82, 2.24) is 4.90 Å². The highest BCUT2D eigenvalue weighted by atomic mass is 15.1. The van der Waals surface area contributed by atoms with E-state index in [0.717, 1.165) is 13.1 Å². The maximum Gasteiger partial charge on any atom is 0.0322 e. The number of nitrogens with zero attached hydrogens (tertiary/aromatic N) is 1. The molecule has 1 aliphatic rings. The van der Waals surface area contributed by atoms with Crippen molar-refractivity contribution in [2.24, 2.45) is 5.41 Å². The van der Waals surface area contributed by atoms with Gasteiger partial charge in [-0.15, -0.1) is 0 Å². The molecule has 0 aromatic rings. The number of likely N-dealkylation sites (N-methyl/N-ethyl adjacent to an activating group) is 1. The quantitative estimate of drug-likeness (QED) is 0.659.